The Morgan fingerprint density at radius 2 is 2.04 bits per heavy atom. The molecule has 0 unspecified atom stereocenters. The Bertz CT molecular complexity index is 761. The van der Waals surface area contributed by atoms with E-state index in [1.165, 1.54) is 0 Å². The molecule has 1 spiro atoms. The molecular weight excluding hydrogens is 304 g/mol. The Balaban J connectivity index is 1.55. The first-order valence-corrected chi connectivity index (χ1v) is 8.78. The number of carbonyl (C=O) groups is 1. The highest BCUT2D eigenvalue weighted by Crippen LogP contribution is 2.40. The lowest BCUT2D eigenvalue weighted by molar-refractivity contribution is 0.0191. The zero-order chi connectivity index (χ0) is 16.7. The number of nitrogens with zero attached hydrogens (tertiary/aromatic N) is 4. The summed E-state index contributed by atoms with van der Waals surface area (Å²) in [7, 11) is 0. The van der Waals surface area contributed by atoms with Crippen molar-refractivity contribution in [2.75, 3.05) is 26.3 Å². The minimum absolute atomic E-state index is 0.0758. The molecule has 4 heterocycles. The maximum absolute atomic E-state index is 12.9. The van der Waals surface area contributed by atoms with Gasteiger partial charge in [-0.1, -0.05) is 0 Å². The molecule has 1 amide bonds. The Morgan fingerprint density at radius 1 is 1.25 bits per heavy atom. The minimum Gasteiger partial charge on any atom is -0.381 e. The second-order valence-corrected chi connectivity index (χ2v) is 7.40. The number of rotatable bonds is 2. The molecule has 2 fully saturated rings. The van der Waals surface area contributed by atoms with Crippen LogP contribution in [-0.4, -0.2) is 51.6 Å². The second-order valence-electron chi connectivity index (χ2n) is 7.40. The zero-order valence-corrected chi connectivity index (χ0v) is 14.4. The second kappa shape index (κ2) is 5.84. The Kier molecular flexibility index (Phi) is 3.79. The van der Waals surface area contributed by atoms with Gasteiger partial charge in [-0.15, -0.1) is 0 Å². The maximum atomic E-state index is 12.9. The molecule has 0 radical (unpaired) electrons. The molecule has 0 N–H and O–H groups in total. The van der Waals surface area contributed by atoms with E-state index in [-0.39, 0.29) is 11.3 Å². The minimum atomic E-state index is 0.0758. The van der Waals surface area contributed by atoms with Crippen molar-refractivity contribution >= 4 is 17.1 Å². The number of hydrogen-bond donors (Lipinski definition) is 0. The van der Waals surface area contributed by atoms with Gasteiger partial charge in [-0.05, 0) is 44.6 Å². The number of imidazole rings is 1. The molecule has 0 aromatic carbocycles. The summed E-state index contributed by atoms with van der Waals surface area (Å²) >= 11 is 0. The van der Waals surface area contributed by atoms with Crippen molar-refractivity contribution in [2.45, 2.75) is 39.2 Å². The van der Waals surface area contributed by atoms with Crippen LogP contribution >= 0.6 is 0 Å². The molecule has 0 atom stereocenters. The van der Waals surface area contributed by atoms with Crippen molar-refractivity contribution in [3.8, 4) is 0 Å². The monoisotopic (exact) mass is 328 g/mol. The fraction of sp³-hybridized carbons (Fsp3) is 0.611. The Hall–Kier alpha value is -1.95. The summed E-state index contributed by atoms with van der Waals surface area (Å²) in [5.41, 5.74) is 2.53. The molecule has 6 heteroatoms. The molecule has 2 aromatic heterocycles. The van der Waals surface area contributed by atoms with E-state index in [0.29, 0.717) is 11.6 Å². The lowest BCUT2D eigenvalue weighted by Crippen LogP contribution is -2.35. The standard InChI is InChI=1S/C18H24N4O2/c1-13(2)22-12-20-15-9-14(10-19-16(15)22)17(23)21-6-3-18(11-21)4-7-24-8-5-18/h9-10,12-13H,3-8,11H2,1-2H3. The van der Waals surface area contributed by atoms with Gasteiger partial charge in [0.2, 0.25) is 0 Å². The molecule has 0 saturated carbocycles. The van der Waals surface area contributed by atoms with E-state index in [1.54, 1.807) is 12.5 Å². The summed E-state index contributed by atoms with van der Waals surface area (Å²) in [4.78, 5) is 23.8. The smallest absolute Gasteiger partial charge is 0.255 e. The molecule has 0 bridgehead atoms. The zero-order valence-electron chi connectivity index (χ0n) is 14.4. The van der Waals surface area contributed by atoms with Crippen LogP contribution in [0.15, 0.2) is 18.6 Å². The fourth-order valence-corrected chi connectivity index (χ4v) is 3.92. The summed E-state index contributed by atoms with van der Waals surface area (Å²) in [5, 5.41) is 0. The van der Waals surface area contributed by atoms with Crippen molar-refractivity contribution in [1.82, 2.24) is 19.4 Å². The average Bonchev–Trinajstić information content (AvgIpc) is 3.19. The van der Waals surface area contributed by atoms with Crippen LogP contribution in [0.5, 0.6) is 0 Å². The van der Waals surface area contributed by atoms with E-state index >= 15 is 0 Å². The summed E-state index contributed by atoms with van der Waals surface area (Å²) < 4.78 is 7.51. The normalized spacial score (nSPS) is 20.4. The molecule has 4 rings (SSSR count). The van der Waals surface area contributed by atoms with Gasteiger partial charge in [-0.25, -0.2) is 9.97 Å². The van der Waals surface area contributed by atoms with Crippen LogP contribution in [-0.2, 0) is 4.74 Å². The topological polar surface area (TPSA) is 60.2 Å². The third kappa shape index (κ3) is 2.59. The number of likely N-dealkylation sites (tertiary alicyclic amines) is 1. The van der Waals surface area contributed by atoms with Gasteiger partial charge < -0.3 is 14.2 Å². The molecule has 128 valence electrons. The van der Waals surface area contributed by atoms with Crippen molar-refractivity contribution in [3.63, 3.8) is 0 Å². The van der Waals surface area contributed by atoms with Crippen LogP contribution in [0.2, 0.25) is 0 Å². The van der Waals surface area contributed by atoms with E-state index in [2.05, 4.69) is 23.8 Å². The molecule has 2 aliphatic heterocycles. The summed E-state index contributed by atoms with van der Waals surface area (Å²) in [6.45, 7) is 7.51. The third-order valence-electron chi connectivity index (χ3n) is 5.50. The number of pyridine rings is 1. The molecule has 6 nitrogen and oxygen atoms in total. The number of hydrogen-bond acceptors (Lipinski definition) is 4. The molecule has 2 saturated heterocycles. The number of carbonyl (C=O) groups excluding carboxylic acids is 1. The quantitative estimate of drug-likeness (QED) is 0.850. The van der Waals surface area contributed by atoms with Crippen LogP contribution in [0.3, 0.4) is 0 Å². The number of amides is 1. The summed E-state index contributed by atoms with van der Waals surface area (Å²) in [6.07, 6.45) is 6.70. The lowest BCUT2D eigenvalue weighted by atomic mass is 9.80. The summed E-state index contributed by atoms with van der Waals surface area (Å²) in [6, 6.07) is 2.18. The maximum Gasteiger partial charge on any atom is 0.255 e. The largest absolute Gasteiger partial charge is 0.381 e. The van der Waals surface area contributed by atoms with E-state index in [9.17, 15) is 4.79 Å². The van der Waals surface area contributed by atoms with E-state index in [0.717, 1.165) is 56.7 Å². The molecular formula is C18H24N4O2. The van der Waals surface area contributed by atoms with Crippen LogP contribution in [0, 0.1) is 5.41 Å². The van der Waals surface area contributed by atoms with Crippen LogP contribution < -0.4 is 0 Å². The average molecular weight is 328 g/mol. The van der Waals surface area contributed by atoms with Gasteiger partial charge in [0, 0.05) is 38.5 Å². The molecule has 2 aliphatic rings. The highest BCUT2D eigenvalue weighted by Gasteiger charge is 2.41. The van der Waals surface area contributed by atoms with Gasteiger partial charge in [0.05, 0.1) is 11.9 Å². The molecule has 0 aliphatic carbocycles. The summed E-state index contributed by atoms with van der Waals surface area (Å²) in [5.74, 6) is 0.0758. The Labute approximate surface area is 141 Å². The van der Waals surface area contributed by atoms with E-state index in [4.69, 9.17) is 4.74 Å². The van der Waals surface area contributed by atoms with E-state index < -0.39 is 0 Å². The predicted molar refractivity (Wildman–Crippen MR) is 90.9 cm³/mol. The fourth-order valence-electron chi connectivity index (χ4n) is 3.92. The van der Waals surface area contributed by atoms with Gasteiger partial charge in [-0.2, -0.15) is 0 Å². The lowest BCUT2D eigenvalue weighted by Gasteiger charge is -2.33. The SMILES string of the molecule is CC(C)n1cnc2cc(C(=O)N3CCC4(CCOCC4)C3)cnc21. The van der Waals surface area contributed by atoms with Gasteiger partial charge in [0.25, 0.3) is 5.91 Å². The van der Waals surface area contributed by atoms with Crippen LogP contribution in [0.1, 0.15) is 49.5 Å². The van der Waals surface area contributed by atoms with Crippen LogP contribution in [0.4, 0.5) is 0 Å². The number of aromatic nitrogens is 3. The van der Waals surface area contributed by atoms with Gasteiger partial charge in [-0.3, -0.25) is 4.79 Å². The molecule has 24 heavy (non-hydrogen) atoms. The van der Waals surface area contributed by atoms with Crippen molar-refractivity contribution in [3.05, 3.63) is 24.2 Å². The van der Waals surface area contributed by atoms with Gasteiger partial charge in [0.15, 0.2) is 5.65 Å². The van der Waals surface area contributed by atoms with Crippen LogP contribution in [0.25, 0.3) is 11.2 Å². The van der Waals surface area contributed by atoms with E-state index in [1.807, 2.05) is 15.5 Å². The highest BCUT2D eigenvalue weighted by atomic mass is 16.5. The van der Waals surface area contributed by atoms with Crippen molar-refractivity contribution in [1.29, 1.82) is 0 Å². The Morgan fingerprint density at radius 3 is 2.79 bits per heavy atom. The predicted octanol–water partition coefficient (Wildman–Crippen LogP) is 2.65. The first kappa shape index (κ1) is 15.6. The van der Waals surface area contributed by atoms with Crippen molar-refractivity contribution < 1.29 is 9.53 Å². The third-order valence-corrected chi connectivity index (χ3v) is 5.50. The van der Waals surface area contributed by atoms with Gasteiger partial charge >= 0.3 is 0 Å². The number of fused-ring (bicyclic) bond motifs is 1. The highest BCUT2D eigenvalue weighted by molar-refractivity contribution is 5.96. The number of ether oxygens (including phenoxy) is 1. The first-order chi connectivity index (χ1) is 11.6. The first-order valence-electron chi connectivity index (χ1n) is 8.78. The van der Waals surface area contributed by atoms with Crippen molar-refractivity contribution in [2.24, 2.45) is 5.41 Å². The molecule has 2 aromatic rings. The van der Waals surface area contributed by atoms with Gasteiger partial charge in [0.1, 0.15) is 5.52 Å².